The summed E-state index contributed by atoms with van der Waals surface area (Å²) in [5, 5.41) is 7.84. The maximum Gasteiger partial charge on any atom is 0.259 e. The zero-order chi connectivity index (χ0) is 14.4. The molecule has 6 heteroatoms. The Labute approximate surface area is 122 Å². The van der Waals surface area contributed by atoms with E-state index in [0.29, 0.717) is 0 Å². The molecule has 2 N–H and O–H groups in total. The molecule has 0 fully saturated rings. The fourth-order valence-electron chi connectivity index (χ4n) is 1.69. The molecule has 2 rings (SSSR count). The summed E-state index contributed by atoms with van der Waals surface area (Å²) in [4.78, 5) is 16.1. The number of carbonyl (C=O) groups excluding carboxylic acids is 1. The Hall–Kier alpha value is -1.95. The van der Waals surface area contributed by atoms with Gasteiger partial charge in [0.1, 0.15) is 0 Å². The molecule has 0 radical (unpaired) electrons. The first-order valence-corrected chi connectivity index (χ1v) is 7.48. The van der Waals surface area contributed by atoms with Gasteiger partial charge in [-0.05, 0) is 25.0 Å². The molecule has 0 saturated heterocycles. The van der Waals surface area contributed by atoms with Crippen molar-refractivity contribution < 1.29 is 4.79 Å². The number of fused-ring (bicyclic) bond motifs is 1. The number of anilines is 1. The van der Waals surface area contributed by atoms with E-state index in [2.05, 4.69) is 20.8 Å². The van der Waals surface area contributed by atoms with Gasteiger partial charge in [0.2, 0.25) is 0 Å². The van der Waals surface area contributed by atoms with Gasteiger partial charge in [0.25, 0.3) is 5.91 Å². The quantitative estimate of drug-likeness (QED) is 0.635. The van der Waals surface area contributed by atoms with Crippen molar-refractivity contribution >= 4 is 38.3 Å². The number of carbonyl (C=O) groups is 1. The molecule has 1 heterocycles. The average molecular weight is 290 g/mol. The maximum atomic E-state index is 11.7. The second-order valence-electron chi connectivity index (χ2n) is 4.26. The molecule has 1 aromatic heterocycles. The highest BCUT2D eigenvalue weighted by atomic mass is 32.1. The molecule has 5 nitrogen and oxygen atoms in total. The summed E-state index contributed by atoms with van der Waals surface area (Å²) in [5.74, 6) is -0.163. The molecule has 20 heavy (non-hydrogen) atoms. The minimum absolute atomic E-state index is 0.163. The van der Waals surface area contributed by atoms with E-state index in [1.54, 1.807) is 0 Å². The van der Waals surface area contributed by atoms with Gasteiger partial charge >= 0.3 is 0 Å². The number of hydrogen-bond acceptors (Lipinski definition) is 5. The molecule has 0 atom stereocenters. The van der Waals surface area contributed by atoms with E-state index in [4.69, 9.17) is 0 Å². The van der Waals surface area contributed by atoms with Gasteiger partial charge in [-0.15, -0.1) is 0 Å². The van der Waals surface area contributed by atoms with Gasteiger partial charge in [0.05, 0.1) is 16.8 Å². The van der Waals surface area contributed by atoms with E-state index in [0.717, 1.165) is 33.9 Å². The summed E-state index contributed by atoms with van der Waals surface area (Å²) in [6, 6.07) is 7.89. The third-order valence-corrected chi connectivity index (χ3v) is 3.84. The molecule has 0 bridgehead atoms. The third kappa shape index (κ3) is 3.77. The average Bonchev–Trinajstić information content (AvgIpc) is 2.89. The van der Waals surface area contributed by atoms with Crippen LogP contribution in [0.1, 0.15) is 26.7 Å². The number of nitrogens with one attached hydrogen (secondary N) is 2. The minimum Gasteiger partial charge on any atom is -0.352 e. The highest BCUT2D eigenvalue weighted by molar-refractivity contribution is 7.22. The number of rotatable bonds is 6. The van der Waals surface area contributed by atoms with Crippen molar-refractivity contribution in [2.75, 3.05) is 11.9 Å². The molecule has 0 aliphatic rings. The molecule has 0 aliphatic heterocycles. The van der Waals surface area contributed by atoms with Crippen LogP contribution in [0.25, 0.3) is 10.2 Å². The Kier molecular flexibility index (Phi) is 5.06. The van der Waals surface area contributed by atoms with Crippen LogP contribution in [0.5, 0.6) is 0 Å². The van der Waals surface area contributed by atoms with Crippen LogP contribution in [0.4, 0.5) is 5.13 Å². The number of amides is 1. The number of hydrogen-bond donors (Lipinski definition) is 2. The van der Waals surface area contributed by atoms with Crippen LogP contribution >= 0.6 is 11.3 Å². The van der Waals surface area contributed by atoms with E-state index < -0.39 is 0 Å². The highest BCUT2D eigenvalue weighted by Gasteiger charge is 2.05. The summed E-state index contributed by atoms with van der Waals surface area (Å²) in [7, 11) is 0. The molecule has 2 aromatic rings. The van der Waals surface area contributed by atoms with Crippen LogP contribution in [-0.2, 0) is 4.79 Å². The van der Waals surface area contributed by atoms with Crippen LogP contribution in [0.15, 0.2) is 29.4 Å². The summed E-state index contributed by atoms with van der Waals surface area (Å²) in [6.45, 7) is 4.21. The van der Waals surface area contributed by atoms with Crippen LogP contribution < -0.4 is 10.7 Å². The lowest BCUT2D eigenvalue weighted by atomic mass is 10.2. The Balaban J connectivity index is 1.88. The van der Waals surface area contributed by atoms with Gasteiger partial charge in [0.15, 0.2) is 5.13 Å². The Morgan fingerprint density at radius 1 is 1.30 bits per heavy atom. The van der Waals surface area contributed by atoms with E-state index >= 15 is 0 Å². The van der Waals surface area contributed by atoms with Crippen molar-refractivity contribution in [3.05, 3.63) is 24.3 Å². The SMILES string of the molecule is CCC(CC)=NNC(=O)CNc1nc2ccccc2s1. The predicted octanol–water partition coefficient (Wildman–Crippen LogP) is 3.00. The van der Waals surface area contributed by atoms with Crippen LogP contribution in [-0.4, -0.2) is 23.1 Å². The van der Waals surface area contributed by atoms with E-state index in [-0.39, 0.29) is 12.5 Å². The predicted molar refractivity (Wildman–Crippen MR) is 84.3 cm³/mol. The van der Waals surface area contributed by atoms with Crippen molar-refractivity contribution in [2.24, 2.45) is 5.10 Å². The van der Waals surface area contributed by atoms with Crippen LogP contribution in [0.3, 0.4) is 0 Å². The lowest BCUT2D eigenvalue weighted by molar-refractivity contribution is -0.119. The fourth-order valence-corrected chi connectivity index (χ4v) is 2.55. The molecule has 0 spiro atoms. The first kappa shape index (κ1) is 14.5. The first-order valence-electron chi connectivity index (χ1n) is 6.66. The molecule has 0 saturated carbocycles. The lowest BCUT2D eigenvalue weighted by Crippen LogP contribution is -2.26. The van der Waals surface area contributed by atoms with Gasteiger partial charge in [0, 0.05) is 5.71 Å². The molecular formula is C14H18N4OS. The topological polar surface area (TPSA) is 66.4 Å². The standard InChI is InChI=1S/C14H18N4OS/c1-3-10(4-2)17-18-13(19)9-15-14-16-11-7-5-6-8-12(11)20-14/h5-8H,3-4,9H2,1-2H3,(H,15,16)(H,18,19). The second kappa shape index (κ2) is 7.00. The number of thiazole rings is 1. The first-order chi connectivity index (χ1) is 9.72. The van der Waals surface area contributed by atoms with Gasteiger partial charge in [-0.1, -0.05) is 37.3 Å². The molecule has 0 aliphatic carbocycles. The molecule has 0 unspecified atom stereocenters. The number of benzene rings is 1. The van der Waals surface area contributed by atoms with Gasteiger partial charge in [-0.25, -0.2) is 10.4 Å². The van der Waals surface area contributed by atoms with E-state index in [1.807, 2.05) is 38.1 Å². The highest BCUT2D eigenvalue weighted by Crippen LogP contribution is 2.24. The van der Waals surface area contributed by atoms with E-state index in [9.17, 15) is 4.79 Å². The van der Waals surface area contributed by atoms with Crippen molar-refractivity contribution in [1.82, 2.24) is 10.4 Å². The Bertz CT molecular complexity index is 581. The van der Waals surface area contributed by atoms with Gasteiger partial charge in [-0.3, -0.25) is 4.79 Å². The summed E-state index contributed by atoms with van der Waals surface area (Å²) < 4.78 is 1.10. The zero-order valence-corrected chi connectivity index (χ0v) is 12.5. The normalized spacial score (nSPS) is 10.3. The molecule has 1 amide bonds. The maximum absolute atomic E-state index is 11.7. The lowest BCUT2D eigenvalue weighted by Gasteiger charge is -2.03. The minimum atomic E-state index is -0.163. The van der Waals surface area contributed by atoms with E-state index in [1.165, 1.54) is 11.3 Å². The number of nitrogens with zero attached hydrogens (tertiary/aromatic N) is 2. The Morgan fingerprint density at radius 3 is 2.75 bits per heavy atom. The summed E-state index contributed by atoms with van der Waals surface area (Å²) in [5.41, 5.74) is 4.48. The monoisotopic (exact) mass is 290 g/mol. The van der Waals surface area contributed by atoms with Gasteiger partial charge in [-0.2, -0.15) is 5.10 Å². The summed E-state index contributed by atoms with van der Waals surface area (Å²) in [6.07, 6.45) is 1.70. The fraction of sp³-hybridized carbons (Fsp3) is 0.357. The number of hydrazone groups is 1. The van der Waals surface area contributed by atoms with Crippen molar-refractivity contribution in [1.29, 1.82) is 0 Å². The largest absolute Gasteiger partial charge is 0.352 e. The third-order valence-electron chi connectivity index (χ3n) is 2.85. The second-order valence-corrected chi connectivity index (χ2v) is 5.29. The van der Waals surface area contributed by atoms with Crippen molar-refractivity contribution in [3.63, 3.8) is 0 Å². The molecule has 106 valence electrons. The van der Waals surface area contributed by atoms with Crippen LogP contribution in [0.2, 0.25) is 0 Å². The number of aromatic nitrogens is 1. The molecular weight excluding hydrogens is 272 g/mol. The summed E-state index contributed by atoms with van der Waals surface area (Å²) >= 11 is 1.53. The number of para-hydroxylation sites is 1. The zero-order valence-electron chi connectivity index (χ0n) is 11.6. The van der Waals surface area contributed by atoms with Crippen LogP contribution in [0, 0.1) is 0 Å². The van der Waals surface area contributed by atoms with Crippen molar-refractivity contribution in [2.45, 2.75) is 26.7 Å². The Morgan fingerprint density at radius 2 is 2.05 bits per heavy atom. The van der Waals surface area contributed by atoms with Gasteiger partial charge < -0.3 is 5.32 Å². The smallest absolute Gasteiger partial charge is 0.259 e. The van der Waals surface area contributed by atoms with Crippen molar-refractivity contribution in [3.8, 4) is 0 Å². The molecule has 1 aromatic carbocycles.